The van der Waals surface area contributed by atoms with Gasteiger partial charge in [-0.1, -0.05) is 72.5 Å². The molecule has 3 aliphatic rings. The summed E-state index contributed by atoms with van der Waals surface area (Å²) < 4.78 is 24.4. The van der Waals surface area contributed by atoms with Crippen LogP contribution in [0.15, 0.2) is 128 Å². The Hall–Kier alpha value is -5.40. The molecule has 1 saturated carbocycles. The van der Waals surface area contributed by atoms with Crippen LogP contribution >= 0.6 is 11.8 Å². The number of nitrogens with zero attached hydrogens (tertiary/aromatic N) is 1. The fourth-order valence-corrected chi connectivity index (χ4v) is 8.24. The van der Waals surface area contributed by atoms with E-state index in [1.807, 2.05) is 18.2 Å². The summed E-state index contributed by atoms with van der Waals surface area (Å²) in [5.41, 5.74) is 11.0. The smallest absolute Gasteiger partial charge is 0.339 e. The maximum absolute atomic E-state index is 14.7. The van der Waals surface area contributed by atoms with Crippen molar-refractivity contribution in [1.29, 1.82) is 0 Å². The summed E-state index contributed by atoms with van der Waals surface area (Å²) >= 11 is 1.69. The van der Waals surface area contributed by atoms with Crippen molar-refractivity contribution in [3.05, 3.63) is 159 Å². The summed E-state index contributed by atoms with van der Waals surface area (Å²) in [6, 6.07) is 28.9. The molecule has 2 aromatic heterocycles. The molecule has 1 N–H and O–H groups in total. The van der Waals surface area contributed by atoms with Crippen LogP contribution in [0.1, 0.15) is 64.6 Å². The second kappa shape index (κ2) is 14.1. The first kappa shape index (κ1) is 32.8. The molecule has 4 aromatic carbocycles. The Bertz CT molecular complexity index is 2380. The number of hydrogen-bond donors (Lipinski definition) is 1. The van der Waals surface area contributed by atoms with E-state index in [1.165, 1.54) is 45.5 Å². The van der Waals surface area contributed by atoms with Gasteiger partial charge in [0.1, 0.15) is 17.3 Å². The van der Waals surface area contributed by atoms with Crippen LogP contribution in [0.2, 0.25) is 0 Å². The van der Waals surface area contributed by atoms with E-state index in [0.29, 0.717) is 5.92 Å². The lowest BCUT2D eigenvalue weighted by Gasteiger charge is -2.29. The molecular formula is C44H36FNO4S. The fraction of sp³-hybridized carbons (Fsp3) is 0.182. The Morgan fingerprint density at radius 2 is 1.80 bits per heavy atom. The Balaban J connectivity index is 0.000000415. The topological polar surface area (TPSA) is 72.6 Å². The van der Waals surface area contributed by atoms with Gasteiger partial charge >= 0.3 is 5.63 Å². The largest absolute Gasteiger partial charge is 0.508 e. The van der Waals surface area contributed by atoms with Crippen molar-refractivity contribution in [2.24, 2.45) is 0 Å². The second-order valence-corrected chi connectivity index (χ2v) is 14.2. The van der Waals surface area contributed by atoms with Crippen LogP contribution in [0.3, 0.4) is 0 Å². The molecule has 2 heterocycles. The van der Waals surface area contributed by atoms with Crippen LogP contribution in [0.4, 0.5) is 4.39 Å². The minimum absolute atomic E-state index is 0.0683. The van der Waals surface area contributed by atoms with Crippen LogP contribution in [-0.2, 0) is 12.8 Å². The van der Waals surface area contributed by atoms with Gasteiger partial charge in [0.25, 0.3) is 0 Å². The summed E-state index contributed by atoms with van der Waals surface area (Å²) in [5, 5.41) is 9.41. The molecule has 1 unspecified atom stereocenters. The summed E-state index contributed by atoms with van der Waals surface area (Å²) in [5.74, 6) is 1.21. The van der Waals surface area contributed by atoms with Gasteiger partial charge in [0.2, 0.25) is 0 Å². The number of halogens is 1. The summed E-state index contributed by atoms with van der Waals surface area (Å²) in [6.07, 6.45) is 15.9. The summed E-state index contributed by atoms with van der Waals surface area (Å²) in [6.45, 7) is 0. The van der Waals surface area contributed by atoms with Gasteiger partial charge in [-0.3, -0.25) is 4.98 Å². The van der Waals surface area contributed by atoms with Crippen LogP contribution in [0.5, 0.6) is 11.5 Å². The molecule has 3 aliphatic carbocycles. The maximum atomic E-state index is 14.7. The normalized spacial score (nSPS) is 15.8. The number of aromatic nitrogens is 1. The van der Waals surface area contributed by atoms with Crippen LogP contribution in [-0.4, -0.2) is 17.2 Å². The average Bonchev–Trinajstić information content (AvgIpc) is 4.00. The van der Waals surface area contributed by atoms with Gasteiger partial charge in [-0.15, -0.1) is 0 Å². The number of pyridine rings is 1. The first-order chi connectivity index (χ1) is 24.9. The van der Waals surface area contributed by atoms with Gasteiger partial charge in [0, 0.05) is 38.6 Å². The molecule has 0 spiro atoms. The standard InChI is InChI=1S/C39H32FNOS.C5H4O3/c1-42-28-15-17-29(18-16-28)43-39-34(38(25-10-11-25)41-37-21-14-27(40)23-36(37)39)20-13-26-22-35-30-7-3-2-6-24(30)12-19-33(35)32-9-5-4-8-31(26)32;6-4-1-2-8-5(7)3-4/h2,4-6,8-9,12-21,23,25-26H,3,7,10-11,22H2,1H3;1-3,6H/b20-13+;. The number of methoxy groups -OCH3 is 1. The molecule has 0 radical (unpaired) electrons. The Morgan fingerprint density at radius 3 is 2.57 bits per heavy atom. The van der Waals surface area contributed by atoms with Gasteiger partial charge in [-0.25, -0.2) is 9.18 Å². The summed E-state index contributed by atoms with van der Waals surface area (Å²) in [7, 11) is 1.68. The van der Waals surface area contributed by atoms with Crippen LogP contribution in [0, 0.1) is 5.82 Å². The molecule has 7 heteroatoms. The van der Waals surface area contributed by atoms with E-state index >= 15 is 0 Å². The lowest BCUT2D eigenvalue weighted by Crippen LogP contribution is -2.13. The van der Waals surface area contributed by atoms with E-state index in [1.54, 1.807) is 24.9 Å². The number of allylic oxidation sites excluding steroid dienone is 2. The predicted molar refractivity (Wildman–Crippen MR) is 202 cm³/mol. The zero-order valence-corrected chi connectivity index (χ0v) is 29.0. The highest BCUT2D eigenvalue weighted by molar-refractivity contribution is 7.99. The minimum atomic E-state index is -0.537. The number of aromatic hydroxyl groups is 1. The minimum Gasteiger partial charge on any atom is -0.508 e. The van der Waals surface area contributed by atoms with Crippen molar-refractivity contribution in [3.63, 3.8) is 0 Å². The van der Waals surface area contributed by atoms with Crippen molar-refractivity contribution in [2.45, 2.75) is 53.7 Å². The van der Waals surface area contributed by atoms with Crippen molar-refractivity contribution in [3.8, 4) is 22.6 Å². The van der Waals surface area contributed by atoms with E-state index in [0.717, 1.165) is 82.1 Å². The molecule has 51 heavy (non-hydrogen) atoms. The zero-order chi connectivity index (χ0) is 34.9. The lowest BCUT2D eigenvalue weighted by molar-refractivity contribution is 0.414. The number of hydrogen-bond acceptors (Lipinski definition) is 6. The molecule has 9 rings (SSSR count). The van der Waals surface area contributed by atoms with Gasteiger partial charge in [-0.05, 0) is 108 Å². The molecule has 0 aliphatic heterocycles. The lowest BCUT2D eigenvalue weighted by atomic mass is 9.74. The van der Waals surface area contributed by atoms with Crippen molar-refractivity contribution < 1.29 is 18.7 Å². The first-order valence-corrected chi connectivity index (χ1v) is 18.1. The first-order valence-electron chi connectivity index (χ1n) is 17.3. The highest BCUT2D eigenvalue weighted by atomic mass is 32.2. The molecule has 5 nitrogen and oxygen atoms in total. The van der Waals surface area contributed by atoms with E-state index in [-0.39, 0.29) is 17.5 Å². The van der Waals surface area contributed by atoms with Crippen LogP contribution < -0.4 is 10.4 Å². The third-order valence-corrected chi connectivity index (χ3v) is 10.9. The van der Waals surface area contributed by atoms with Crippen molar-refractivity contribution in [1.82, 2.24) is 4.98 Å². The highest BCUT2D eigenvalue weighted by Crippen LogP contribution is 2.48. The number of rotatable bonds is 6. The third-order valence-electron chi connectivity index (χ3n) is 9.79. The molecular weight excluding hydrogens is 658 g/mol. The van der Waals surface area contributed by atoms with E-state index < -0.39 is 5.63 Å². The monoisotopic (exact) mass is 693 g/mol. The molecule has 1 atom stereocenters. The van der Waals surface area contributed by atoms with Crippen molar-refractivity contribution >= 4 is 34.8 Å². The molecule has 0 saturated heterocycles. The summed E-state index contributed by atoms with van der Waals surface area (Å²) in [4.78, 5) is 17.5. The molecule has 6 aromatic rings. The molecule has 0 amide bonds. The SMILES string of the molecule is COc1ccc(Sc2c(/C=C/C3Cc4c(ccc5c4CCC=C5)-c4ccccc43)c(C3CC3)nc3ccc(F)cc23)cc1.O=c1cc(O)cco1. The second-order valence-electron chi connectivity index (χ2n) is 13.1. The van der Waals surface area contributed by atoms with Gasteiger partial charge in [0.05, 0.1) is 30.6 Å². The van der Waals surface area contributed by atoms with E-state index in [9.17, 15) is 9.18 Å². The van der Waals surface area contributed by atoms with Crippen LogP contribution in [0.25, 0.3) is 34.2 Å². The number of ether oxygens (including phenoxy) is 1. The number of fused-ring (bicyclic) bond motifs is 6. The molecule has 1 fully saturated rings. The highest BCUT2D eigenvalue weighted by Gasteiger charge is 2.31. The Morgan fingerprint density at radius 1 is 0.961 bits per heavy atom. The average molecular weight is 694 g/mol. The molecule has 0 bridgehead atoms. The Labute approximate surface area is 300 Å². The third kappa shape index (κ3) is 6.86. The quantitative estimate of drug-likeness (QED) is 0.187. The van der Waals surface area contributed by atoms with Gasteiger partial charge < -0.3 is 14.3 Å². The maximum Gasteiger partial charge on any atom is 0.339 e. The predicted octanol–water partition coefficient (Wildman–Crippen LogP) is 10.7. The fourth-order valence-electron chi connectivity index (χ4n) is 7.18. The molecule has 254 valence electrons. The Kier molecular flexibility index (Phi) is 9.05. The van der Waals surface area contributed by atoms with Crippen molar-refractivity contribution in [2.75, 3.05) is 7.11 Å². The van der Waals surface area contributed by atoms with E-state index in [4.69, 9.17) is 14.8 Å². The number of benzene rings is 4. The van der Waals surface area contributed by atoms with Gasteiger partial charge in [0.15, 0.2) is 0 Å². The van der Waals surface area contributed by atoms with E-state index in [2.05, 4.69) is 77.3 Å². The zero-order valence-electron chi connectivity index (χ0n) is 28.1. The van der Waals surface area contributed by atoms with Gasteiger partial charge in [-0.2, -0.15) is 0 Å².